The largest absolute Gasteiger partial charge is 0.490 e. The van der Waals surface area contributed by atoms with Crippen LogP contribution in [0.5, 0.6) is 11.5 Å². The van der Waals surface area contributed by atoms with Crippen molar-refractivity contribution in [2.45, 2.75) is 13.8 Å². The van der Waals surface area contributed by atoms with Gasteiger partial charge in [-0.2, -0.15) is 0 Å². The molecule has 0 N–H and O–H groups in total. The normalized spacial score (nSPS) is 9.94. The zero-order valence-corrected chi connectivity index (χ0v) is 9.78. The lowest BCUT2D eigenvalue weighted by Crippen LogP contribution is -2.00. The second kappa shape index (κ2) is 5.55. The maximum atomic E-state index is 10.7. The summed E-state index contributed by atoms with van der Waals surface area (Å²) in [6, 6.07) is 2.67. The van der Waals surface area contributed by atoms with E-state index in [0.29, 0.717) is 24.7 Å². The van der Waals surface area contributed by atoms with Crippen LogP contribution in [0.4, 0.5) is 5.69 Å². The van der Waals surface area contributed by atoms with Crippen LogP contribution in [0.3, 0.4) is 0 Å². The summed E-state index contributed by atoms with van der Waals surface area (Å²) in [5.41, 5.74) is -0.187. The van der Waals surface area contributed by atoms with Gasteiger partial charge in [-0.05, 0) is 13.8 Å². The number of ether oxygens (including phenoxy) is 2. The van der Waals surface area contributed by atoms with Gasteiger partial charge in [0.25, 0.3) is 5.69 Å². The third-order valence-corrected chi connectivity index (χ3v) is 2.11. The van der Waals surface area contributed by atoms with E-state index in [0.717, 1.165) is 0 Å². The molecule has 0 aromatic heterocycles. The Morgan fingerprint density at radius 1 is 1.25 bits per heavy atom. The monoisotopic (exact) mass is 245 g/mol. The van der Waals surface area contributed by atoms with Crippen molar-refractivity contribution in [1.29, 1.82) is 0 Å². The Morgan fingerprint density at radius 3 is 2.19 bits per heavy atom. The lowest BCUT2D eigenvalue weighted by atomic mass is 10.3. The van der Waals surface area contributed by atoms with Gasteiger partial charge in [-0.15, -0.1) is 0 Å². The average molecular weight is 246 g/mol. The van der Waals surface area contributed by atoms with Gasteiger partial charge in [0, 0.05) is 6.07 Å². The Balaban J connectivity index is 3.19. The molecule has 1 aromatic rings. The minimum atomic E-state index is -0.555. The van der Waals surface area contributed by atoms with Gasteiger partial charge < -0.3 is 9.47 Å². The van der Waals surface area contributed by atoms with Crippen molar-refractivity contribution in [1.82, 2.24) is 0 Å². The van der Waals surface area contributed by atoms with Crippen molar-refractivity contribution in [3.05, 3.63) is 27.3 Å². The highest BCUT2D eigenvalue weighted by Crippen LogP contribution is 2.37. The molecule has 0 bridgehead atoms. The second-order valence-corrected chi connectivity index (χ2v) is 3.28. The fourth-order valence-electron chi connectivity index (χ4n) is 1.20. The van der Waals surface area contributed by atoms with E-state index in [4.69, 9.17) is 21.1 Å². The number of benzene rings is 1. The van der Waals surface area contributed by atoms with Crippen LogP contribution in [-0.4, -0.2) is 18.1 Å². The lowest BCUT2D eigenvalue weighted by molar-refractivity contribution is -0.384. The van der Waals surface area contributed by atoms with E-state index in [-0.39, 0.29) is 10.7 Å². The van der Waals surface area contributed by atoms with Gasteiger partial charge in [-0.1, -0.05) is 11.6 Å². The Kier molecular flexibility index (Phi) is 4.37. The van der Waals surface area contributed by atoms with Crippen molar-refractivity contribution >= 4 is 17.3 Å². The topological polar surface area (TPSA) is 61.6 Å². The highest BCUT2D eigenvalue weighted by Gasteiger charge is 2.18. The van der Waals surface area contributed by atoms with E-state index in [1.165, 1.54) is 12.1 Å². The summed E-state index contributed by atoms with van der Waals surface area (Å²) in [6.45, 7) is 4.44. The highest BCUT2D eigenvalue weighted by molar-refractivity contribution is 6.32. The first-order valence-electron chi connectivity index (χ1n) is 4.83. The van der Waals surface area contributed by atoms with Crippen molar-refractivity contribution in [2.24, 2.45) is 0 Å². The number of rotatable bonds is 5. The highest BCUT2D eigenvalue weighted by atomic mass is 35.5. The summed E-state index contributed by atoms with van der Waals surface area (Å²) in [5.74, 6) is 0.750. The van der Waals surface area contributed by atoms with Crippen LogP contribution in [0.2, 0.25) is 5.02 Å². The van der Waals surface area contributed by atoms with E-state index in [1.54, 1.807) is 6.92 Å². The van der Waals surface area contributed by atoms with Gasteiger partial charge >= 0.3 is 0 Å². The Hall–Kier alpha value is -1.49. The summed E-state index contributed by atoms with van der Waals surface area (Å²) < 4.78 is 10.5. The molecule has 0 fully saturated rings. The first-order chi connectivity index (χ1) is 7.60. The molecular formula is C10H12ClNO4. The molecule has 88 valence electrons. The van der Waals surface area contributed by atoms with Crippen LogP contribution >= 0.6 is 11.6 Å². The fourth-order valence-corrected chi connectivity index (χ4v) is 1.42. The molecule has 0 aliphatic carbocycles. The molecule has 0 saturated carbocycles. The summed E-state index contributed by atoms with van der Waals surface area (Å²) >= 11 is 5.76. The van der Waals surface area contributed by atoms with E-state index in [9.17, 15) is 10.1 Å². The number of nitro groups is 1. The molecular weight excluding hydrogens is 234 g/mol. The summed E-state index contributed by atoms with van der Waals surface area (Å²) in [6.07, 6.45) is 0. The molecule has 0 aliphatic heterocycles. The molecule has 0 unspecified atom stereocenters. The minimum absolute atomic E-state index is 0.0388. The zero-order chi connectivity index (χ0) is 12.1. The number of halogens is 1. The van der Waals surface area contributed by atoms with Gasteiger partial charge in [0.1, 0.15) is 5.02 Å². The molecule has 0 aliphatic rings. The molecule has 0 heterocycles. The number of nitrogens with zero attached hydrogens (tertiary/aromatic N) is 1. The van der Waals surface area contributed by atoms with E-state index >= 15 is 0 Å². The maximum Gasteiger partial charge on any atom is 0.291 e. The second-order valence-electron chi connectivity index (χ2n) is 2.87. The molecule has 0 atom stereocenters. The molecule has 0 radical (unpaired) electrons. The van der Waals surface area contributed by atoms with E-state index < -0.39 is 4.92 Å². The summed E-state index contributed by atoms with van der Waals surface area (Å²) in [4.78, 5) is 10.1. The molecule has 5 nitrogen and oxygen atoms in total. The Morgan fingerprint density at radius 2 is 1.75 bits per heavy atom. The molecule has 6 heteroatoms. The van der Waals surface area contributed by atoms with Gasteiger partial charge in [0.2, 0.25) is 0 Å². The zero-order valence-electron chi connectivity index (χ0n) is 9.03. The van der Waals surface area contributed by atoms with E-state index in [2.05, 4.69) is 0 Å². The van der Waals surface area contributed by atoms with Crippen molar-refractivity contribution in [3.63, 3.8) is 0 Å². The van der Waals surface area contributed by atoms with Crippen molar-refractivity contribution < 1.29 is 14.4 Å². The van der Waals surface area contributed by atoms with Gasteiger partial charge in [0.05, 0.1) is 24.2 Å². The van der Waals surface area contributed by atoms with E-state index in [1.807, 2.05) is 6.92 Å². The molecule has 0 amide bonds. The first kappa shape index (κ1) is 12.6. The molecule has 1 rings (SSSR count). The molecule has 1 aromatic carbocycles. The summed E-state index contributed by atoms with van der Waals surface area (Å²) in [5, 5.41) is 10.7. The molecule has 16 heavy (non-hydrogen) atoms. The van der Waals surface area contributed by atoms with Crippen LogP contribution in [-0.2, 0) is 0 Å². The van der Waals surface area contributed by atoms with Crippen LogP contribution in [0.25, 0.3) is 0 Å². The number of nitro benzene ring substituents is 1. The summed E-state index contributed by atoms with van der Waals surface area (Å²) in [7, 11) is 0. The molecule has 0 spiro atoms. The van der Waals surface area contributed by atoms with Crippen LogP contribution in [0.15, 0.2) is 12.1 Å². The molecule has 0 saturated heterocycles. The van der Waals surface area contributed by atoms with Gasteiger partial charge in [0.15, 0.2) is 11.5 Å². The van der Waals surface area contributed by atoms with Gasteiger partial charge in [-0.25, -0.2) is 0 Å². The third-order valence-electron chi connectivity index (χ3n) is 1.81. The number of hydrogen-bond acceptors (Lipinski definition) is 4. The van der Waals surface area contributed by atoms with Crippen LogP contribution < -0.4 is 9.47 Å². The lowest BCUT2D eigenvalue weighted by Gasteiger charge is -2.10. The Labute approximate surface area is 98.1 Å². The average Bonchev–Trinajstić information content (AvgIpc) is 2.22. The van der Waals surface area contributed by atoms with Crippen LogP contribution in [0, 0.1) is 10.1 Å². The van der Waals surface area contributed by atoms with Crippen molar-refractivity contribution in [3.8, 4) is 11.5 Å². The van der Waals surface area contributed by atoms with Gasteiger partial charge in [-0.3, -0.25) is 10.1 Å². The SMILES string of the molecule is CCOc1cc(Cl)c([N+](=O)[O-])cc1OCC. The smallest absolute Gasteiger partial charge is 0.291 e. The number of hydrogen-bond donors (Lipinski definition) is 0. The van der Waals surface area contributed by atoms with Crippen molar-refractivity contribution in [2.75, 3.05) is 13.2 Å². The third kappa shape index (κ3) is 2.76. The maximum absolute atomic E-state index is 10.7. The Bertz CT molecular complexity index is 395. The predicted octanol–water partition coefficient (Wildman–Crippen LogP) is 3.05. The quantitative estimate of drug-likeness (QED) is 0.591. The predicted molar refractivity (Wildman–Crippen MR) is 60.4 cm³/mol. The first-order valence-corrected chi connectivity index (χ1v) is 5.21. The van der Waals surface area contributed by atoms with Crippen LogP contribution in [0.1, 0.15) is 13.8 Å². The minimum Gasteiger partial charge on any atom is -0.490 e. The standard InChI is InChI=1S/C10H12ClNO4/c1-3-15-9-5-7(11)8(12(13)14)6-10(9)16-4-2/h5-6H,3-4H2,1-2H3. The fraction of sp³-hybridized carbons (Fsp3) is 0.400.